The lowest BCUT2D eigenvalue weighted by Crippen LogP contribution is -2.19. The van der Waals surface area contributed by atoms with Crippen LogP contribution in [-0.4, -0.2) is 21.3 Å². The van der Waals surface area contributed by atoms with Crippen LogP contribution in [0.15, 0.2) is 6.20 Å². The fraction of sp³-hybridized carbons (Fsp3) is 0.667. The largest absolute Gasteiger partial charge is 0.443 e. The number of rotatable bonds is 3. The van der Waals surface area contributed by atoms with Gasteiger partial charge in [-0.2, -0.15) is 13.2 Å². The van der Waals surface area contributed by atoms with Crippen molar-refractivity contribution in [3.05, 3.63) is 16.1 Å². The van der Waals surface area contributed by atoms with E-state index in [-0.39, 0.29) is 10.8 Å². The molecule has 2 N–H and O–H groups in total. The van der Waals surface area contributed by atoms with Crippen LogP contribution >= 0.6 is 11.3 Å². The van der Waals surface area contributed by atoms with Gasteiger partial charge < -0.3 is 10.2 Å². The van der Waals surface area contributed by atoms with Crippen molar-refractivity contribution < 1.29 is 23.4 Å². The molecule has 0 radical (unpaired) electrons. The van der Waals surface area contributed by atoms with Gasteiger partial charge in [0.05, 0.1) is 11.0 Å². The van der Waals surface area contributed by atoms with Crippen LogP contribution < -0.4 is 0 Å². The molecule has 0 aliphatic heterocycles. The monoisotopic (exact) mass is 253 g/mol. The molecular formula is C9H10F3NO2S. The van der Waals surface area contributed by atoms with Gasteiger partial charge in [-0.05, 0) is 18.8 Å². The van der Waals surface area contributed by atoms with Gasteiger partial charge in [-0.15, -0.1) is 11.3 Å². The molecule has 0 saturated heterocycles. The lowest BCUT2D eigenvalue weighted by molar-refractivity contribution is -0.137. The van der Waals surface area contributed by atoms with E-state index in [1.807, 2.05) is 0 Å². The van der Waals surface area contributed by atoms with E-state index in [9.17, 15) is 23.4 Å². The zero-order chi connectivity index (χ0) is 11.9. The smallest absolute Gasteiger partial charge is 0.390 e. The van der Waals surface area contributed by atoms with Crippen LogP contribution in [0.4, 0.5) is 13.2 Å². The first kappa shape index (κ1) is 11.8. The minimum absolute atomic E-state index is 0.00596. The van der Waals surface area contributed by atoms with Crippen LogP contribution in [0.2, 0.25) is 0 Å². The average molecular weight is 253 g/mol. The van der Waals surface area contributed by atoms with E-state index in [0.29, 0.717) is 11.3 Å². The quantitative estimate of drug-likeness (QED) is 0.865. The summed E-state index contributed by atoms with van der Waals surface area (Å²) >= 11 is 0.375. The van der Waals surface area contributed by atoms with Crippen LogP contribution in [0.3, 0.4) is 0 Å². The standard InChI is InChI=1S/C9H10F3NO2S/c10-9(11,12)8-13-3-5(16-8)7(15)6(14)4-1-2-4/h3-4,6-7,14-15H,1-2H2. The van der Waals surface area contributed by atoms with E-state index in [1.165, 1.54) is 0 Å². The molecule has 2 atom stereocenters. The maximum atomic E-state index is 12.2. The van der Waals surface area contributed by atoms with Crippen molar-refractivity contribution in [2.75, 3.05) is 0 Å². The molecule has 1 saturated carbocycles. The van der Waals surface area contributed by atoms with Gasteiger partial charge in [-0.1, -0.05) is 0 Å². The Kier molecular flexibility index (Phi) is 2.93. The summed E-state index contributed by atoms with van der Waals surface area (Å²) in [4.78, 5) is 3.25. The van der Waals surface area contributed by atoms with Gasteiger partial charge in [0.15, 0.2) is 5.01 Å². The fourth-order valence-electron chi connectivity index (χ4n) is 1.42. The first-order chi connectivity index (χ1) is 7.39. The minimum Gasteiger partial charge on any atom is -0.390 e. The van der Waals surface area contributed by atoms with Crippen molar-refractivity contribution in [1.29, 1.82) is 0 Å². The SMILES string of the molecule is OC(c1cnc(C(F)(F)F)s1)C(O)C1CC1. The number of nitrogens with zero attached hydrogens (tertiary/aromatic N) is 1. The number of hydrogen-bond acceptors (Lipinski definition) is 4. The van der Waals surface area contributed by atoms with E-state index in [1.54, 1.807) is 0 Å². The molecule has 7 heteroatoms. The highest BCUT2D eigenvalue weighted by Crippen LogP contribution is 2.40. The van der Waals surface area contributed by atoms with E-state index in [0.717, 1.165) is 19.0 Å². The Labute approximate surface area is 93.6 Å². The maximum Gasteiger partial charge on any atom is 0.443 e. The molecule has 0 bridgehead atoms. The molecule has 16 heavy (non-hydrogen) atoms. The van der Waals surface area contributed by atoms with Gasteiger partial charge in [0.25, 0.3) is 0 Å². The first-order valence-electron chi connectivity index (χ1n) is 4.78. The Balaban J connectivity index is 2.11. The Morgan fingerprint density at radius 1 is 1.38 bits per heavy atom. The second-order valence-corrected chi connectivity index (χ2v) is 4.90. The van der Waals surface area contributed by atoms with Gasteiger partial charge in [0.1, 0.15) is 6.10 Å². The molecule has 0 aromatic carbocycles. The summed E-state index contributed by atoms with van der Waals surface area (Å²) in [5.74, 6) is 0.00596. The van der Waals surface area contributed by atoms with Gasteiger partial charge in [0.2, 0.25) is 0 Å². The van der Waals surface area contributed by atoms with Gasteiger partial charge in [-0.3, -0.25) is 0 Å². The number of halogens is 3. The topological polar surface area (TPSA) is 53.4 Å². The highest BCUT2D eigenvalue weighted by molar-refractivity contribution is 7.11. The van der Waals surface area contributed by atoms with Crippen LogP contribution in [0.5, 0.6) is 0 Å². The number of hydrogen-bond donors (Lipinski definition) is 2. The summed E-state index contributed by atoms with van der Waals surface area (Å²) in [7, 11) is 0. The molecule has 0 spiro atoms. The van der Waals surface area contributed by atoms with E-state index >= 15 is 0 Å². The predicted molar refractivity (Wildman–Crippen MR) is 50.8 cm³/mol. The molecule has 2 rings (SSSR count). The summed E-state index contributed by atoms with van der Waals surface area (Å²) in [5.41, 5.74) is 0. The summed E-state index contributed by atoms with van der Waals surface area (Å²) in [5, 5.41) is 18.2. The van der Waals surface area contributed by atoms with Crippen LogP contribution in [0.1, 0.15) is 28.8 Å². The molecule has 1 aliphatic rings. The normalized spacial score (nSPS) is 20.8. The van der Waals surface area contributed by atoms with E-state index in [2.05, 4.69) is 4.98 Å². The van der Waals surface area contributed by atoms with Crippen molar-refractivity contribution in [2.45, 2.75) is 31.2 Å². The lowest BCUT2D eigenvalue weighted by atomic mass is 10.1. The lowest BCUT2D eigenvalue weighted by Gasteiger charge is -2.14. The molecule has 2 unspecified atom stereocenters. The van der Waals surface area contributed by atoms with Crippen LogP contribution in [0.25, 0.3) is 0 Å². The van der Waals surface area contributed by atoms with Crippen molar-refractivity contribution >= 4 is 11.3 Å². The Bertz CT molecular complexity index is 375. The number of aliphatic hydroxyl groups is 2. The second kappa shape index (κ2) is 3.97. The van der Waals surface area contributed by atoms with Crippen molar-refractivity contribution in [1.82, 2.24) is 4.98 Å². The average Bonchev–Trinajstić information content (AvgIpc) is 2.91. The maximum absolute atomic E-state index is 12.2. The Morgan fingerprint density at radius 2 is 2.00 bits per heavy atom. The molecule has 0 amide bonds. The third-order valence-corrected chi connectivity index (χ3v) is 3.60. The second-order valence-electron chi connectivity index (χ2n) is 3.84. The fourth-order valence-corrected chi connectivity index (χ4v) is 2.23. The molecule has 1 heterocycles. The van der Waals surface area contributed by atoms with Crippen molar-refractivity contribution in [2.24, 2.45) is 5.92 Å². The Morgan fingerprint density at radius 3 is 2.44 bits per heavy atom. The minimum atomic E-state index is -4.49. The van der Waals surface area contributed by atoms with Crippen molar-refractivity contribution in [3.63, 3.8) is 0 Å². The van der Waals surface area contributed by atoms with Gasteiger partial charge in [0, 0.05) is 6.20 Å². The number of aliphatic hydroxyl groups excluding tert-OH is 2. The van der Waals surface area contributed by atoms with Gasteiger partial charge in [-0.25, -0.2) is 4.98 Å². The molecule has 1 aliphatic carbocycles. The van der Waals surface area contributed by atoms with Crippen LogP contribution in [0, 0.1) is 5.92 Å². The molecule has 90 valence electrons. The highest BCUT2D eigenvalue weighted by Gasteiger charge is 2.39. The first-order valence-corrected chi connectivity index (χ1v) is 5.60. The number of aromatic nitrogens is 1. The molecule has 1 aromatic rings. The van der Waals surface area contributed by atoms with E-state index in [4.69, 9.17) is 0 Å². The Hall–Kier alpha value is -0.660. The summed E-state index contributed by atoms with van der Waals surface area (Å²) in [6.45, 7) is 0. The third kappa shape index (κ3) is 2.36. The molecule has 1 aromatic heterocycles. The van der Waals surface area contributed by atoms with Gasteiger partial charge >= 0.3 is 6.18 Å². The van der Waals surface area contributed by atoms with E-state index < -0.39 is 23.4 Å². The summed E-state index contributed by atoms with van der Waals surface area (Å²) in [6.07, 6.45) is -4.15. The summed E-state index contributed by atoms with van der Waals surface area (Å²) < 4.78 is 36.7. The summed E-state index contributed by atoms with van der Waals surface area (Å²) in [6, 6.07) is 0. The number of thiazole rings is 1. The zero-order valence-corrected chi connectivity index (χ0v) is 8.92. The zero-order valence-electron chi connectivity index (χ0n) is 8.11. The molecule has 1 fully saturated rings. The van der Waals surface area contributed by atoms with Crippen LogP contribution in [-0.2, 0) is 6.18 Å². The molecular weight excluding hydrogens is 243 g/mol. The van der Waals surface area contributed by atoms with Crippen molar-refractivity contribution in [3.8, 4) is 0 Å². The molecule has 3 nitrogen and oxygen atoms in total. The third-order valence-electron chi connectivity index (χ3n) is 2.49. The number of alkyl halides is 3. The predicted octanol–water partition coefficient (Wildman–Crippen LogP) is 1.97. The highest BCUT2D eigenvalue weighted by atomic mass is 32.1.